The molecule has 8 heteroatoms. The van der Waals surface area contributed by atoms with E-state index in [0.717, 1.165) is 51.8 Å². The number of rotatable bonds is 4. The standard InChI is InChI=1S/C19H18Cl2IN3O2/c1-11(18-14(20)9-23-10-15(18)21)27-12-5-6-16-13(8-12)19(22)24-25(16)17-4-2-3-7-26-17/h5-6,8-11,17H,2-4,7H2,1H3/t11-,17-/m1/s1. The molecule has 0 unspecified atom stereocenters. The first-order valence-electron chi connectivity index (χ1n) is 8.79. The molecule has 0 aliphatic carbocycles. The Kier molecular flexibility index (Phi) is 5.78. The van der Waals surface area contributed by atoms with Gasteiger partial charge in [0.05, 0.1) is 15.6 Å². The number of hydrogen-bond acceptors (Lipinski definition) is 4. The Hall–Kier alpha value is -1.09. The average Bonchev–Trinajstić information content (AvgIpc) is 2.99. The van der Waals surface area contributed by atoms with Crippen molar-refractivity contribution in [2.75, 3.05) is 6.61 Å². The fraction of sp³-hybridized carbons (Fsp3) is 0.368. The maximum atomic E-state index is 6.24. The molecule has 0 N–H and O–H groups in total. The summed E-state index contributed by atoms with van der Waals surface area (Å²) >= 11 is 14.7. The molecule has 1 saturated heterocycles. The van der Waals surface area contributed by atoms with Gasteiger partial charge in [-0.25, -0.2) is 4.68 Å². The van der Waals surface area contributed by atoms with E-state index >= 15 is 0 Å². The highest BCUT2D eigenvalue weighted by Crippen LogP contribution is 2.35. The molecule has 0 bridgehead atoms. The van der Waals surface area contributed by atoms with Crippen molar-refractivity contribution in [1.29, 1.82) is 0 Å². The van der Waals surface area contributed by atoms with E-state index in [4.69, 9.17) is 37.8 Å². The van der Waals surface area contributed by atoms with E-state index in [1.54, 1.807) is 12.4 Å². The summed E-state index contributed by atoms with van der Waals surface area (Å²) < 4.78 is 14.9. The van der Waals surface area contributed by atoms with Crippen LogP contribution in [0.1, 0.15) is 44.1 Å². The highest BCUT2D eigenvalue weighted by Gasteiger charge is 2.21. The maximum absolute atomic E-state index is 6.24. The summed E-state index contributed by atoms with van der Waals surface area (Å²) in [6.45, 7) is 2.70. The van der Waals surface area contributed by atoms with Crippen LogP contribution in [0, 0.1) is 3.70 Å². The number of aromatic nitrogens is 3. The topological polar surface area (TPSA) is 49.2 Å². The van der Waals surface area contributed by atoms with Crippen LogP contribution in [0.3, 0.4) is 0 Å². The van der Waals surface area contributed by atoms with Crippen LogP contribution in [0.25, 0.3) is 10.9 Å². The van der Waals surface area contributed by atoms with Crippen molar-refractivity contribution in [2.24, 2.45) is 0 Å². The molecule has 5 nitrogen and oxygen atoms in total. The second-order valence-electron chi connectivity index (χ2n) is 6.51. The highest BCUT2D eigenvalue weighted by atomic mass is 127. The molecular formula is C19H18Cl2IN3O2. The summed E-state index contributed by atoms with van der Waals surface area (Å²) in [5.74, 6) is 0.737. The number of benzene rings is 1. The molecule has 4 rings (SSSR count). The van der Waals surface area contributed by atoms with Gasteiger partial charge < -0.3 is 9.47 Å². The van der Waals surface area contributed by atoms with Gasteiger partial charge in [-0.05, 0) is 67.0 Å². The minimum absolute atomic E-state index is 0.00453. The van der Waals surface area contributed by atoms with Crippen molar-refractivity contribution in [3.8, 4) is 5.75 Å². The predicted molar refractivity (Wildman–Crippen MR) is 115 cm³/mol. The molecule has 1 aromatic carbocycles. The van der Waals surface area contributed by atoms with Gasteiger partial charge in [0, 0.05) is 30.0 Å². The van der Waals surface area contributed by atoms with Crippen LogP contribution in [0.2, 0.25) is 10.0 Å². The summed E-state index contributed by atoms with van der Waals surface area (Å²) in [5.41, 5.74) is 1.78. The fourth-order valence-electron chi connectivity index (χ4n) is 3.36. The van der Waals surface area contributed by atoms with Gasteiger partial charge in [0.1, 0.15) is 15.6 Å². The van der Waals surface area contributed by atoms with Crippen molar-refractivity contribution < 1.29 is 9.47 Å². The van der Waals surface area contributed by atoms with E-state index in [2.05, 4.69) is 27.6 Å². The molecular weight excluding hydrogens is 500 g/mol. The number of ether oxygens (including phenoxy) is 2. The average molecular weight is 518 g/mol. The van der Waals surface area contributed by atoms with E-state index in [1.165, 1.54) is 0 Å². The third kappa shape index (κ3) is 3.90. The Labute approximate surface area is 181 Å². The van der Waals surface area contributed by atoms with Gasteiger partial charge in [0.2, 0.25) is 0 Å². The number of halogens is 3. The van der Waals surface area contributed by atoms with Crippen LogP contribution in [0.5, 0.6) is 5.75 Å². The van der Waals surface area contributed by atoms with Crippen molar-refractivity contribution in [1.82, 2.24) is 14.8 Å². The minimum Gasteiger partial charge on any atom is -0.486 e. The molecule has 2 atom stereocenters. The van der Waals surface area contributed by atoms with Gasteiger partial charge in [-0.2, -0.15) is 5.10 Å². The molecule has 3 aromatic rings. The first kappa shape index (κ1) is 19.2. The third-order valence-corrected chi connectivity index (χ3v) is 6.07. The number of nitrogens with zero attached hydrogens (tertiary/aromatic N) is 3. The molecule has 1 aliphatic heterocycles. The Morgan fingerprint density at radius 1 is 1.26 bits per heavy atom. The van der Waals surface area contributed by atoms with E-state index < -0.39 is 0 Å². The van der Waals surface area contributed by atoms with Crippen LogP contribution in [0.4, 0.5) is 0 Å². The number of fused-ring (bicyclic) bond motifs is 1. The molecule has 142 valence electrons. The predicted octanol–water partition coefficient (Wildman–Crippen LogP) is 6.18. The normalized spacial score (nSPS) is 18.6. The largest absolute Gasteiger partial charge is 0.486 e. The smallest absolute Gasteiger partial charge is 0.150 e. The summed E-state index contributed by atoms with van der Waals surface area (Å²) in [6, 6.07) is 5.97. The first-order valence-corrected chi connectivity index (χ1v) is 10.6. The van der Waals surface area contributed by atoms with Gasteiger partial charge in [-0.1, -0.05) is 23.2 Å². The molecule has 3 heterocycles. The van der Waals surface area contributed by atoms with Crippen LogP contribution < -0.4 is 4.74 Å². The van der Waals surface area contributed by atoms with Crippen LogP contribution in [-0.4, -0.2) is 21.4 Å². The second kappa shape index (κ2) is 8.11. The Morgan fingerprint density at radius 2 is 2.04 bits per heavy atom. The lowest BCUT2D eigenvalue weighted by molar-refractivity contribution is -0.0368. The lowest BCUT2D eigenvalue weighted by Crippen LogP contribution is -2.19. The molecule has 0 radical (unpaired) electrons. The molecule has 1 aliphatic rings. The molecule has 0 spiro atoms. The molecule has 0 saturated carbocycles. The molecule has 1 fully saturated rings. The Morgan fingerprint density at radius 3 is 2.74 bits per heavy atom. The van der Waals surface area contributed by atoms with Crippen LogP contribution in [0.15, 0.2) is 30.6 Å². The van der Waals surface area contributed by atoms with E-state index in [0.29, 0.717) is 10.0 Å². The van der Waals surface area contributed by atoms with Gasteiger partial charge in [0.25, 0.3) is 0 Å². The van der Waals surface area contributed by atoms with Gasteiger partial charge in [-0.3, -0.25) is 4.98 Å². The SMILES string of the molecule is C[C@@H](Oc1ccc2c(c1)c(I)nn2[C@H]1CCCCO1)c1c(Cl)cncc1Cl. The minimum atomic E-state index is -0.306. The second-order valence-corrected chi connectivity index (χ2v) is 8.35. The van der Waals surface area contributed by atoms with Gasteiger partial charge in [0.15, 0.2) is 6.23 Å². The summed E-state index contributed by atoms with van der Waals surface area (Å²) in [5, 5.41) is 6.72. The lowest BCUT2D eigenvalue weighted by Gasteiger charge is -2.23. The summed E-state index contributed by atoms with van der Waals surface area (Å²) in [4.78, 5) is 3.99. The van der Waals surface area contributed by atoms with Crippen LogP contribution in [-0.2, 0) is 4.74 Å². The Bertz CT molecular complexity index is 953. The number of hydrogen-bond donors (Lipinski definition) is 0. The first-order chi connectivity index (χ1) is 13.0. The molecule has 2 aromatic heterocycles. The third-order valence-electron chi connectivity index (χ3n) is 4.67. The molecule has 27 heavy (non-hydrogen) atoms. The number of pyridine rings is 1. The summed E-state index contributed by atoms with van der Waals surface area (Å²) in [6.07, 6.45) is 6.11. The van der Waals surface area contributed by atoms with Crippen molar-refractivity contribution in [2.45, 2.75) is 38.5 Å². The zero-order valence-electron chi connectivity index (χ0n) is 14.7. The van der Waals surface area contributed by atoms with Crippen LogP contribution >= 0.6 is 45.8 Å². The quantitative estimate of drug-likeness (QED) is 0.387. The van der Waals surface area contributed by atoms with Gasteiger partial charge in [-0.15, -0.1) is 0 Å². The van der Waals surface area contributed by atoms with Crippen molar-refractivity contribution in [3.05, 3.63) is 49.9 Å². The molecule has 0 amide bonds. The Balaban J connectivity index is 1.63. The zero-order valence-corrected chi connectivity index (χ0v) is 18.3. The zero-order chi connectivity index (χ0) is 19.0. The van der Waals surface area contributed by atoms with E-state index in [-0.39, 0.29) is 12.3 Å². The van der Waals surface area contributed by atoms with Gasteiger partial charge >= 0.3 is 0 Å². The monoisotopic (exact) mass is 517 g/mol. The van der Waals surface area contributed by atoms with E-state index in [1.807, 2.05) is 29.8 Å². The fourth-order valence-corrected chi connectivity index (χ4v) is 4.70. The summed E-state index contributed by atoms with van der Waals surface area (Å²) in [7, 11) is 0. The highest BCUT2D eigenvalue weighted by molar-refractivity contribution is 14.1. The van der Waals surface area contributed by atoms with Crippen molar-refractivity contribution >= 4 is 56.7 Å². The maximum Gasteiger partial charge on any atom is 0.150 e. The lowest BCUT2D eigenvalue weighted by atomic mass is 10.1. The van der Waals surface area contributed by atoms with Crippen molar-refractivity contribution in [3.63, 3.8) is 0 Å². The van der Waals surface area contributed by atoms with E-state index in [9.17, 15) is 0 Å².